The van der Waals surface area contributed by atoms with E-state index < -0.39 is 0 Å². The Balaban J connectivity index is 0.00000242. The van der Waals surface area contributed by atoms with Crippen molar-refractivity contribution in [3.05, 3.63) is 0 Å². The van der Waals surface area contributed by atoms with E-state index >= 15 is 0 Å². The number of nitrogens with one attached hydrogen (secondary N) is 3. The standard InChI is InChI=1S/C14H26N4O2S.ClH/c15-7-3-4-8-16-12(19)6-2-1-5-11-13-10(9-21-11)17-14(20)18-13;/h10-11,13H,1-9,15H2,(H,16,19)(H2,17,18,20);1H/t10-,11-,13-;/m0./s1. The van der Waals surface area contributed by atoms with Gasteiger partial charge in [0.1, 0.15) is 0 Å². The molecule has 128 valence electrons. The van der Waals surface area contributed by atoms with Gasteiger partial charge in [-0.1, -0.05) is 6.42 Å². The van der Waals surface area contributed by atoms with Crippen LogP contribution < -0.4 is 21.7 Å². The van der Waals surface area contributed by atoms with Crippen LogP contribution in [0.25, 0.3) is 0 Å². The lowest BCUT2D eigenvalue weighted by molar-refractivity contribution is -0.121. The van der Waals surface area contributed by atoms with Crippen molar-refractivity contribution in [2.45, 2.75) is 55.9 Å². The quantitative estimate of drug-likeness (QED) is 0.368. The molecule has 3 amide bonds. The van der Waals surface area contributed by atoms with E-state index in [9.17, 15) is 9.59 Å². The Morgan fingerprint density at radius 1 is 1.27 bits per heavy atom. The van der Waals surface area contributed by atoms with Gasteiger partial charge in [0.2, 0.25) is 5.91 Å². The van der Waals surface area contributed by atoms with E-state index in [0.29, 0.717) is 24.3 Å². The Bertz CT molecular complexity index is 373. The molecule has 0 radical (unpaired) electrons. The van der Waals surface area contributed by atoms with Gasteiger partial charge in [-0.25, -0.2) is 4.79 Å². The third-order valence-corrected chi connectivity index (χ3v) is 5.54. The van der Waals surface area contributed by atoms with Crippen LogP contribution in [0.4, 0.5) is 4.79 Å². The van der Waals surface area contributed by atoms with Crippen molar-refractivity contribution in [1.82, 2.24) is 16.0 Å². The van der Waals surface area contributed by atoms with Gasteiger partial charge in [-0.2, -0.15) is 11.8 Å². The van der Waals surface area contributed by atoms with Gasteiger partial charge in [0, 0.05) is 24.0 Å². The SMILES string of the molecule is Cl.NCCCCNC(=O)CCCC[C@@H]1SC[C@@H]2NC(=O)N[C@@H]21. The summed E-state index contributed by atoms with van der Waals surface area (Å²) in [6.45, 7) is 1.42. The van der Waals surface area contributed by atoms with Gasteiger partial charge in [0.25, 0.3) is 0 Å². The van der Waals surface area contributed by atoms with Crippen molar-refractivity contribution >= 4 is 36.1 Å². The summed E-state index contributed by atoms with van der Waals surface area (Å²) in [6, 6.07) is 0.526. The van der Waals surface area contributed by atoms with Crippen LogP contribution in [0.2, 0.25) is 0 Å². The van der Waals surface area contributed by atoms with Gasteiger partial charge >= 0.3 is 6.03 Å². The molecule has 0 saturated carbocycles. The molecule has 2 fully saturated rings. The molecule has 0 spiro atoms. The summed E-state index contributed by atoms with van der Waals surface area (Å²) < 4.78 is 0. The minimum absolute atomic E-state index is 0. The molecule has 22 heavy (non-hydrogen) atoms. The number of amides is 3. The molecule has 0 aromatic rings. The highest BCUT2D eigenvalue weighted by molar-refractivity contribution is 8.00. The Labute approximate surface area is 142 Å². The summed E-state index contributed by atoms with van der Waals surface area (Å²) >= 11 is 1.93. The highest BCUT2D eigenvalue weighted by atomic mass is 35.5. The number of carbonyl (C=O) groups is 2. The molecule has 0 aromatic heterocycles. The largest absolute Gasteiger partial charge is 0.356 e. The number of rotatable bonds is 9. The van der Waals surface area contributed by atoms with Crippen molar-refractivity contribution in [2.24, 2.45) is 5.73 Å². The fraction of sp³-hybridized carbons (Fsp3) is 0.857. The number of thioether (sulfide) groups is 1. The molecule has 2 aliphatic heterocycles. The van der Waals surface area contributed by atoms with Crippen LogP contribution in [0.5, 0.6) is 0 Å². The van der Waals surface area contributed by atoms with E-state index in [4.69, 9.17) is 5.73 Å². The third-order valence-electron chi connectivity index (χ3n) is 4.03. The lowest BCUT2D eigenvalue weighted by atomic mass is 10.0. The van der Waals surface area contributed by atoms with Gasteiger partial charge in [-0.15, -0.1) is 12.4 Å². The molecule has 0 aliphatic carbocycles. The zero-order valence-corrected chi connectivity index (χ0v) is 14.4. The van der Waals surface area contributed by atoms with Crippen LogP contribution in [0.3, 0.4) is 0 Å². The molecule has 0 aromatic carbocycles. The predicted molar refractivity (Wildman–Crippen MR) is 92.5 cm³/mol. The molecule has 2 heterocycles. The lowest BCUT2D eigenvalue weighted by Gasteiger charge is -2.16. The van der Waals surface area contributed by atoms with Crippen LogP contribution in [0.1, 0.15) is 38.5 Å². The number of hydrogen-bond acceptors (Lipinski definition) is 4. The molecule has 0 bridgehead atoms. The number of urea groups is 1. The Morgan fingerprint density at radius 3 is 2.86 bits per heavy atom. The number of fused-ring (bicyclic) bond motifs is 1. The predicted octanol–water partition coefficient (Wildman–Crippen LogP) is 0.989. The molecule has 5 N–H and O–H groups in total. The van der Waals surface area contributed by atoms with Crippen molar-refractivity contribution in [3.63, 3.8) is 0 Å². The van der Waals surface area contributed by atoms with Crippen LogP contribution in [-0.4, -0.2) is 48.1 Å². The van der Waals surface area contributed by atoms with E-state index in [1.807, 2.05) is 11.8 Å². The fourth-order valence-corrected chi connectivity index (χ4v) is 4.40. The minimum atomic E-state index is -0.0350. The highest BCUT2D eigenvalue weighted by Gasteiger charge is 2.42. The zero-order valence-electron chi connectivity index (χ0n) is 12.8. The van der Waals surface area contributed by atoms with Crippen LogP contribution in [-0.2, 0) is 4.79 Å². The Kier molecular flexibility index (Phi) is 8.97. The maximum absolute atomic E-state index is 11.6. The Morgan fingerprint density at radius 2 is 2.09 bits per heavy atom. The van der Waals surface area contributed by atoms with Crippen LogP contribution in [0.15, 0.2) is 0 Å². The minimum Gasteiger partial charge on any atom is -0.356 e. The van der Waals surface area contributed by atoms with Crippen LogP contribution in [0, 0.1) is 0 Å². The summed E-state index contributed by atoms with van der Waals surface area (Å²) in [6.07, 6.45) is 5.52. The first kappa shape index (κ1) is 19.4. The summed E-state index contributed by atoms with van der Waals surface area (Å²) in [5, 5.41) is 9.35. The monoisotopic (exact) mass is 350 g/mol. The molecule has 6 nitrogen and oxygen atoms in total. The topological polar surface area (TPSA) is 96.2 Å². The van der Waals surface area contributed by atoms with E-state index in [-0.39, 0.29) is 30.4 Å². The second kappa shape index (κ2) is 10.2. The fourth-order valence-electron chi connectivity index (χ4n) is 2.86. The summed E-state index contributed by atoms with van der Waals surface area (Å²) in [4.78, 5) is 22.9. The average molecular weight is 351 g/mol. The first-order chi connectivity index (χ1) is 10.2. The number of unbranched alkanes of at least 4 members (excludes halogenated alkanes) is 2. The molecule has 8 heteroatoms. The smallest absolute Gasteiger partial charge is 0.315 e. The summed E-state index contributed by atoms with van der Waals surface area (Å²) in [5.41, 5.74) is 5.40. The number of hydrogen-bond donors (Lipinski definition) is 4. The molecule has 2 rings (SSSR count). The van der Waals surface area contributed by atoms with Crippen molar-refractivity contribution in [2.75, 3.05) is 18.8 Å². The molecule has 3 atom stereocenters. The van der Waals surface area contributed by atoms with Crippen molar-refractivity contribution in [1.29, 1.82) is 0 Å². The van der Waals surface area contributed by atoms with Crippen molar-refractivity contribution in [3.8, 4) is 0 Å². The molecule has 2 aliphatic rings. The molecule has 0 unspecified atom stereocenters. The van der Waals surface area contributed by atoms with Crippen molar-refractivity contribution < 1.29 is 9.59 Å². The van der Waals surface area contributed by atoms with E-state index in [1.54, 1.807) is 0 Å². The summed E-state index contributed by atoms with van der Waals surface area (Å²) in [5.74, 6) is 1.13. The first-order valence-electron chi connectivity index (χ1n) is 7.86. The maximum atomic E-state index is 11.6. The van der Waals surface area contributed by atoms with Crippen LogP contribution >= 0.6 is 24.2 Å². The summed E-state index contributed by atoms with van der Waals surface area (Å²) in [7, 11) is 0. The van der Waals surface area contributed by atoms with Gasteiger partial charge in [-0.05, 0) is 32.2 Å². The zero-order chi connectivity index (χ0) is 15.1. The van der Waals surface area contributed by atoms with E-state index in [2.05, 4.69) is 16.0 Å². The van der Waals surface area contributed by atoms with Gasteiger partial charge in [0.05, 0.1) is 12.1 Å². The average Bonchev–Trinajstić information content (AvgIpc) is 2.99. The van der Waals surface area contributed by atoms with E-state index in [1.165, 1.54) is 0 Å². The highest BCUT2D eigenvalue weighted by Crippen LogP contribution is 2.33. The number of nitrogens with two attached hydrogens (primary N) is 1. The van der Waals surface area contributed by atoms with Gasteiger partial charge in [0.15, 0.2) is 0 Å². The number of halogens is 1. The molecular weight excluding hydrogens is 324 g/mol. The molecular formula is C14H27ClN4O2S. The van der Waals surface area contributed by atoms with E-state index in [0.717, 1.165) is 44.4 Å². The first-order valence-corrected chi connectivity index (χ1v) is 8.91. The Hall–Kier alpha value is -0.660. The second-order valence-electron chi connectivity index (χ2n) is 5.71. The van der Waals surface area contributed by atoms with Gasteiger partial charge in [-0.3, -0.25) is 4.79 Å². The van der Waals surface area contributed by atoms with Gasteiger partial charge < -0.3 is 21.7 Å². The maximum Gasteiger partial charge on any atom is 0.315 e. The lowest BCUT2D eigenvalue weighted by Crippen LogP contribution is -2.36. The third kappa shape index (κ3) is 5.85. The molecule has 2 saturated heterocycles. The second-order valence-corrected chi connectivity index (χ2v) is 6.99. The number of carbonyl (C=O) groups excluding carboxylic acids is 2. The normalized spacial score (nSPS) is 25.9.